The molecule has 1 aliphatic rings. The molecule has 94 valence electrons. The van der Waals surface area contributed by atoms with Crippen molar-refractivity contribution in [3.63, 3.8) is 0 Å². The molecule has 3 rings (SSSR count). The first-order chi connectivity index (χ1) is 8.72. The minimum Gasteiger partial charge on any atom is -0.341 e. The van der Waals surface area contributed by atoms with Gasteiger partial charge >= 0.3 is 0 Å². The topological polar surface area (TPSA) is 40.7 Å². The molecule has 1 aromatic carbocycles. The van der Waals surface area contributed by atoms with Crippen LogP contribution >= 0.6 is 15.9 Å². The Labute approximate surface area is 115 Å². The molecule has 1 saturated heterocycles. The summed E-state index contributed by atoms with van der Waals surface area (Å²) in [5, 5.41) is 3.50. The summed E-state index contributed by atoms with van der Waals surface area (Å²) in [6, 6.07) is 8.65. The van der Waals surface area contributed by atoms with Gasteiger partial charge in [0.05, 0.1) is 17.9 Å². The van der Waals surface area contributed by atoms with E-state index in [2.05, 4.69) is 50.3 Å². The third-order valence-corrected chi connectivity index (χ3v) is 3.96. The number of nitrogens with one attached hydrogen (secondary N) is 2. The molecule has 0 bridgehead atoms. The van der Waals surface area contributed by atoms with E-state index in [1.54, 1.807) is 0 Å². The van der Waals surface area contributed by atoms with Crippen LogP contribution in [0.1, 0.15) is 25.2 Å². The van der Waals surface area contributed by atoms with Crippen molar-refractivity contribution in [1.82, 2.24) is 15.3 Å². The Balaban J connectivity index is 1.83. The third kappa shape index (κ3) is 2.35. The molecule has 0 radical (unpaired) electrons. The average Bonchev–Trinajstić information content (AvgIpc) is 2.98. The Kier molecular flexibility index (Phi) is 3.22. The highest BCUT2D eigenvalue weighted by Gasteiger charge is 2.24. The van der Waals surface area contributed by atoms with Crippen LogP contribution in [0.3, 0.4) is 0 Å². The summed E-state index contributed by atoms with van der Waals surface area (Å²) in [6.07, 6.45) is 3.08. The van der Waals surface area contributed by atoms with Crippen molar-refractivity contribution in [3.8, 4) is 11.3 Å². The molecule has 0 saturated carbocycles. The predicted octanol–water partition coefficient (Wildman–Crippen LogP) is 3.51. The van der Waals surface area contributed by atoms with Gasteiger partial charge in [-0.3, -0.25) is 0 Å². The van der Waals surface area contributed by atoms with Gasteiger partial charge in [-0.15, -0.1) is 0 Å². The van der Waals surface area contributed by atoms with E-state index in [0.29, 0.717) is 6.04 Å². The number of nitrogens with zero attached hydrogens (tertiary/aromatic N) is 1. The van der Waals surface area contributed by atoms with Crippen molar-refractivity contribution in [2.24, 2.45) is 5.92 Å². The van der Waals surface area contributed by atoms with Gasteiger partial charge in [-0.05, 0) is 36.6 Å². The molecular weight excluding hydrogens is 290 g/mol. The quantitative estimate of drug-likeness (QED) is 0.891. The molecule has 1 fully saturated rings. The molecule has 3 nitrogen and oxygen atoms in total. The smallest absolute Gasteiger partial charge is 0.123 e. The first-order valence-electron chi connectivity index (χ1n) is 6.26. The lowest BCUT2D eigenvalue weighted by Gasteiger charge is -2.05. The van der Waals surface area contributed by atoms with Crippen molar-refractivity contribution >= 4 is 15.9 Å². The predicted molar refractivity (Wildman–Crippen MR) is 76.2 cm³/mol. The molecule has 2 heterocycles. The third-order valence-electron chi connectivity index (χ3n) is 3.43. The van der Waals surface area contributed by atoms with Crippen LogP contribution in [0.15, 0.2) is 34.9 Å². The second kappa shape index (κ2) is 4.86. The molecule has 4 heteroatoms. The van der Waals surface area contributed by atoms with Crippen molar-refractivity contribution < 1.29 is 0 Å². The van der Waals surface area contributed by atoms with E-state index in [-0.39, 0.29) is 0 Å². The van der Waals surface area contributed by atoms with E-state index in [1.165, 1.54) is 5.56 Å². The van der Waals surface area contributed by atoms with Gasteiger partial charge in [0.25, 0.3) is 0 Å². The van der Waals surface area contributed by atoms with Gasteiger partial charge in [0, 0.05) is 4.47 Å². The van der Waals surface area contributed by atoms with Gasteiger partial charge in [0.1, 0.15) is 5.82 Å². The number of hydrogen-bond donors (Lipinski definition) is 2. The molecule has 2 atom stereocenters. The van der Waals surface area contributed by atoms with Crippen LogP contribution in [0.4, 0.5) is 0 Å². The monoisotopic (exact) mass is 305 g/mol. The van der Waals surface area contributed by atoms with E-state index in [1.807, 2.05) is 18.3 Å². The molecule has 1 aromatic heterocycles. The van der Waals surface area contributed by atoms with Gasteiger partial charge in [0.2, 0.25) is 0 Å². The Hall–Kier alpha value is -1.13. The maximum absolute atomic E-state index is 4.50. The summed E-state index contributed by atoms with van der Waals surface area (Å²) in [5.41, 5.74) is 2.25. The minimum absolute atomic E-state index is 0.379. The van der Waals surface area contributed by atoms with Gasteiger partial charge in [-0.1, -0.05) is 35.0 Å². The van der Waals surface area contributed by atoms with Gasteiger partial charge in [-0.25, -0.2) is 4.98 Å². The second-order valence-corrected chi connectivity index (χ2v) is 5.91. The highest BCUT2D eigenvalue weighted by molar-refractivity contribution is 9.10. The SMILES string of the molecule is C[C@@H]1CNC(c2ncc(-c3ccc(Br)cc3)[nH]2)C1. The lowest BCUT2D eigenvalue weighted by molar-refractivity contribution is 0.588. The van der Waals surface area contributed by atoms with E-state index < -0.39 is 0 Å². The summed E-state index contributed by atoms with van der Waals surface area (Å²) < 4.78 is 1.09. The molecule has 2 N–H and O–H groups in total. The van der Waals surface area contributed by atoms with Crippen LogP contribution in [-0.2, 0) is 0 Å². The first-order valence-corrected chi connectivity index (χ1v) is 7.06. The van der Waals surface area contributed by atoms with E-state index in [0.717, 1.165) is 34.9 Å². The van der Waals surface area contributed by atoms with E-state index in [9.17, 15) is 0 Å². The van der Waals surface area contributed by atoms with Crippen LogP contribution in [-0.4, -0.2) is 16.5 Å². The number of aromatic nitrogens is 2. The highest BCUT2D eigenvalue weighted by Crippen LogP contribution is 2.27. The Morgan fingerprint density at radius 3 is 2.72 bits per heavy atom. The molecule has 0 aliphatic carbocycles. The Morgan fingerprint density at radius 1 is 1.28 bits per heavy atom. The van der Waals surface area contributed by atoms with E-state index in [4.69, 9.17) is 0 Å². The fraction of sp³-hybridized carbons (Fsp3) is 0.357. The number of aromatic amines is 1. The molecule has 1 unspecified atom stereocenters. The number of halogens is 1. The number of imidazole rings is 1. The van der Waals surface area contributed by atoms with Crippen LogP contribution in [0.5, 0.6) is 0 Å². The van der Waals surface area contributed by atoms with Crippen LogP contribution in [0, 0.1) is 5.92 Å². The van der Waals surface area contributed by atoms with Crippen LogP contribution in [0.2, 0.25) is 0 Å². The fourth-order valence-corrected chi connectivity index (χ4v) is 2.67. The fourth-order valence-electron chi connectivity index (χ4n) is 2.41. The van der Waals surface area contributed by atoms with Gasteiger partial charge in [0.15, 0.2) is 0 Å². The molecule has 2 aromatic rings. The number of H-pyrrole nitrogens is 1. The molecule has 0 amide bonds. The maximum Gasteiger partial charge on any atom is 0.123 e. The first kappa shape index (κ1) is 11.9. The van der Waals surface area contributed by atoms with Crippen LogP contribution < -0.4 is 5.32 Å². The zero-order chi connectivity index (χ0) is 12.5. The molecule has 1 aliphatic heterocycles. The van der Waals surface area contributed by atoms with E-state index >= 15 is 0 Å². The summed E-state index contributed by atoms with van der Waals surface area (Å²) in [7, 11) is 0. The minimum atomic E-state index is 0.379. The van der Waals surface area contributed by atoms with Gasteiger partial charge < -0.3 is 10.3 Å². The Morgan fingerprint density at radius 2 is 2.06 bits per heavy atom. The maximum atomic E-state index is 4.50. The zero-order valence-corrected chi connectivity index (χ0v) is 11.9. The van der Waals surface area contributed by atoms with Crippen molar-refractivity contribution in [2.75, 3.05) is 6.54 Å². The van der Waals surface area contributed by atoms with Crippen molar-refractivity contribution in [3.05, 3.63) is 40.8 Å². The normalized spacial score (nSPS) is 23.4. The number of hydrogen-bond acceptors (Lipinski definition) is 2. The standard InChI is InChI=1S/C14H16BrN3/c1-9-6-12(16-7-9)14-17-8-13(18-14)10-2-4-11(15)5-3-10/h2-5,8-9,12,16H,6-7H2,1H3,(H,17,18)/t9-,12?/m0/s1. The number of rotatable bonds is 2. The summed E-state index contributed by atoms with van der Waals surface area (Å²) >= 11 is 3.45. The Bertz CT molecular complexity index is 532. The lowest BCUT2D eigenvalue weighted by Crippen LogP contribution is -2.14. The lowest BCUT2D eigenvalue weighted by atomic mass is 10.1. The molecular formula is C14H16BrN3. The van der Waals surface area contributed by atoms with Crippen molar-refractivity contribution in [1.29, 1.82) is 0 Å². The summed E-state index contributed by atoms with van der Waals surface area (Å²) in [6.45, 7) is 3.35. The summed E-state index contributed by atoms with van der Waals surface area (Å²) in [5.74, 6) is 1.79. The van der Waals surface area contributed by atoms with Crippen LogP contribution in [0.25, 0.3) is 11.3 Å². The average molecular weight is 306 g/mol. The second-order valence-electron chi connectivity index (χ2n) is 4.99. The zero-order valence-electron chi connectivity index (χ0n) is 10.3. The summed E-state index contributed by atoms with van der Waals surface area (Å²) in [4.78, 5) is 7.92. The van der Waals surface area contributed by atoms with Crippen molar-refractivity contribution in [2.45, 2.75) is 19.4 Å². The molecule has 18 heavy (non-hydrogen) atoms. The molecule has 0 spiro atoms. The highest BCUT2D eigenvalue weighted by atomic mass is 79.9. The number of benzene rings is 1. The van der Waals surface area contributed by atoms with Gasteiger partial charge in [-0.2, -0.15) is 0 Å². The largest absolute Gasteiger partial charge is 0.341 e.